The molecule has 112 heavy (non-hydrogen) atoms. The maximum Gasteiger partial charge on any atom is 0.127 e. The van der Waals surface area contributed by atoms with Crippen molar-refractivity contribution in [1.82, 2.24) is 0 Å². The van der Waals surface area contributed by atoms with Gasteiger partial charge in [0, 0.05) is 68.7 Å². The van der Waals surface area contributed by atoms with Crippen LogP contribution in [0.15, 0.2) is 138 Å². The summed E-state index contributed by atoms with van der Waals surface area (Å²) in [5.41, 5.74) is 14.6. The fourth-order valence-corrected chi connectivity index (χ4v) is 19.0. The number of allylic oxidation sites excluding steroid dienone is 9. The number of rotatable bonds is 18. The Morgan fingerprint density at radius 2 is 0.848 bits per heavy atom. The number of aliphatic hydroxyl groups is 1. The molecule has 5 aliphatic carbocycles. The summed E-state index contributed by atoms with van der Waals surface area (Å²) >= 11 is 6.68. The van der Waals surface area contributed by atoms with E-state index in [1.807, 2.05) is 57.2 Å². The molecule has 1 fully saturated rings. The highest BCUT2D eigenvalue weighted by molar-refractivity contribution is 6.23. The fraction of sp³-hybridized carbons (Fsp3) is 0.580. The number of alkyl halides is 1. The van der Waals surface area contributed by atoms with Gasteiger partial charge in [-0.05, 0) is 331 Å². The number of unbranched alkanes of at least 4 members (excludes halogenated alkanes) is 5. The van der Waals surface area contributed by atoms with Gasteiger partial charge in [0.15, 0.2) is 0 Å². The first-order valence-electron chi connectivity index (χ1n) is 42.9. The standard InChI is InChI=1S/C20H29ClO2.3C20H28O2.C10H14O2.C10H16O/c1-5-6-7-13-10-16(22)18-14-12-20(4,21)9-8-15(14)19(2,3)23-17(18)11-13;2*1-5-6-7-14-11-17(21)19-15-10-13(2)8-9-16(15)20(3,4)22-18(19)12-14;1-5-6-7-15-11-18(21)20(19(22)12-15)17-10-14(4)8-9-16(17)13(2)3;1-2-3-4-8-5-9(11)7-10(12)6-8;1-8(2)9-4-6-10(3,11)7-5-9/h10-11,14-15,22H,5-9,12H2,1-4H3;10-12,15-16,21H,5-9H2,1-4H3;8,11-12,15-16,21H,5-7,9-10H2,1-4H3;10-12,16-17,21-22H,2,5-9H2,1,3-4H3;5-7,11-12H,2-4H2,1H3;4,6,9,11H,1,5,7H2,2-3H3/t14-,15-,20?;2*15-,16-;16-,17+;;9-,10?/m1110.0/s1. The van der Waals surface area contributed by atoms with E-state index < -0.39 is 5.60 Å². The Bertz CT molecular complexity index is 4090. The quantitative estimate of drug-likeness (QED) is 0.0308. The highest BCUT2D eigenvalue weighted by Crippen LogP contribution is 2.59. The Morgan fingerprint density at radius 3 is 1.29 bits per heavy atom. The van der Waals surface area contributed by atoms with Crippen molar-refractivity contribution in [3.63, 3.8) is 0 Å². The van der Waals surface area contributed by atoms with Gasteiger partial charge in [0.25, 0.3) is 0 Å². The summed E-state index contributed by atoms with van der Waals surface area (Å²) < 4.78 is 19.0. The average molecular weight is 1560 g/mol. The first-order chi connectivity index (χ1) is 52.7. The molecule has 1 saturated carbocycles. The number of halogens is 1. The number of ether oxygens (including phenoxy) is 3. The number of hydrogen-bond donors (Lipinski definition) is 8. The molecule has 8 aliphatic rings. The topological polar surface area (TPSA) is 190 Å². The summed E-state index contributed by atoms with van der Waals surface area (Å²) in [6.07, 6.45) is 38.2. The second-order valence-electron chi connectivity index (χ2n) is 36.6. The maximum absolute atomic E-state index is 10.7. The van der Waals surface area contributed by atoms with Crippen LogP contribution >= 0.6 is 11.6 Å². The molecular formula is C100H143ClO11. The van der Waals surface area contributed by atoms with Gasteiger partial charge in [-0.15, -0.1) is 11.6 Å². The first kappa shape index (κ1) is 90.3. The molecule has 5 aromatic rings. The zero-order chi connectivity index (χ0) is 82.4. The van der Waals surface area contributed by atoms with E-state index in [-0.39, 0.29) is 68.3 Å². The van der Waals surface area contributed by atoms with Gasteiger partial charge in [0.1, 0.15) is 74.3 Å². The molecule has 0 amide bonds. The number of benzene rings is 5. The van der Waals surface area contributed by atoms with Gasteiger partial charge in [-0.1, -0.05) is 138 Å². The van der Waals surface area contributed by atoms with E-state index in [0.717, 1.165) is 211 Å². The molecule has 0 saturated heterocycles. The van der Waals surface area contributed by atoms with Crippen LogP contribution in [0.2, 0.25) is 0 Å². The predicted octanol–water partition coefficient (Wildman–Crippen LogP) is 26.7. The van der Waals surface area contributed by atoms with E-state index in [2.05, 4.69) is 160 Å². The van der Waals surface area contributed by atoms with Gasteiger partial charge in [-0.25, -0.2) is 0 Å². The van der Waals surface area contributed by atoms with Gasteiger partial charge in [-0.3, -0.25) is 0 Å². The van der Waals surface area contributed by atoms with Crippen LogP contribution in [0.3, 0.4) is 0 Å². The fourth-order valence-electron chi connectivity index (χ4n) is 18.8. The minimum absolute atomic E-state index is 0.0199. The summed E-state index contributed by atoms with van der Waals surface area (Å²) in [5, 5.41) is 80.8. The van der Waals surface area contributed by atoms with E-state index in [9.17, 15) is 30.6 Å². The van der Waals surface area contributed by atoms with Crippen LogP contribution in [-0.4, -0.2) is 68.1 Å². The number of aromatic hydroxyl groups is 7. The monoisotopic (exact) mass is 1560 g/mol. The Morgan fingerprint density at radius 1 is 0.446 bits per heavy atom. The molecular weight excluding hydrogens is 1410 g/mol. The summed E-state index contributed by atoms with van der Waals surface area (Å²) in [6.45, 7) is 46.5. The lowest BCUT2D eigenvalue weighted by molar-refractivity contribution is -0.0120. The summed E-state index contributed by atoms with van der Waals surface area (Å²) in [7, 11) is 0. The van der Waals surface area contributed by atoms with Crippen LogP contribution in [-0.2, 0) is 32.1 Å². The van der Waals surface area contributed by atoms with Crippen molar-refractivity contribution in [2.75, 3.05) is 0 Å². The predicted molar refractivity (Wildman–Crippen MR) is 465 cm³/mol. The van der Waals surface area contributed by atoms with Crippen LogP contribution in [0.5, 0.6) is 57.5 Å². The third-order valence-electron chi connectivity index (χ3n) is 25.3. The normalized spacial score (nSPS) is 25.6. The first-order valence-corrected chi connectivity index (χ1v) is 43.2. The smallest absolute Gasteiger partial charge is 0.127 e. The molecule has 0 radical (unpaired) electrons. The average Bonchev–Trinajstić information content (AvgIpc) is 0.752. The van der Waals surface area contributed by atoms with Gasteiger partial charge < -0.3 is 55.1 Å². The Hall–Kier alpha value is -7.21. The van der Waals surface area contributed by atoms with Crippen molar-refractivity contribution in [3.8, 4) is 57.5 Å². The number of phenols is 7. The second-order valence-corrected chi connectivity index (χ2v) is 37.5. The molecule has 0 bridgehead atoms. The molecule has 11 nitrogen and oxygen atoms in total. The van der Waals surface area contributed by atoms with E-state index >= 15 is 0 Å². The zero-order valence-electron chi connectivity index (χ0n) is 71.9. The molecule has 3 aliphatic heterocycles. The minimum atomic E-state index is -0.577. The summed E-state index contributed by atoms with van der Waals surface area (Å²) in [4.78, 5) is -0.181. The molecule has 11 atom stereocenters. The van der Waals surface area contributed by atoms with Crippen LogP contribution < -0.4 is 14.2 Å². The Kier molecular flexibility index (Phi) is 31.8. The lowest BCUT2D eigenvalue weighted by atomic mass is 9.64. The number of aryl methyl sites for hydroxylation is 5. The van der Waals surface area contributed by atoms with Crippen LogP contribution in [0.4, 0.5) is 0 Å². The van der Waals surface area contributed by atoms with Crippen molar-refractivity contribution in [2.45, 2.75) is 343 Å². The molecule has 12 heteroatoms. The van der Waals surface area contributed by atoms with Gasteiger partial charge >= 0.3 is 0 Å². The highest BCUT2D eigenvalue weighted by atomic mass is 35.5. The summed E-state index contributed by atoms with van der Waals surface area (Å²) in [6, 6.07) is 20.7. The van der Waals surface area contributed by atoms with Crippen molar-refractivity contribution in [3.05, 3.63) is 188 Å². The van der Waals surface area contributed by atoms with E-state index in [4.69, 9.17) is 36.0 Å². The molecule has 13 rings (SSSR count). The third kappa shape index (κ3) is 23.7. The molecule has 0 spiro atoms. The van der Waals surface area contributed by atoms with Gasteiger partial charge in [-0.2, -0.15) is 0 Å². The third-order valence-corrected chi connectivity index (χ3v) is 25.6. The van der Waals surface area contributed by atoms with Crippen LogP contribution in [0, 0.1) is 29.6 Å². The molecule has 3 heterocycles. The Labute approximate surface area is 680 Å². The van der Waals surface area contributed by atoms with E-state index in [1.54, 1.807) is 12.1 Å². The van der Waals surface area contributed by atoms with Crippen molar-refractivity contribution in [2.24, 2.45) is 29.6 Å². The van der Waals surface area contributed by atoms with E-state index in [1.165, 1.54) is 51.5 Å². The minimum Gasteiger partial charge on any atom is -0.508 e. The van der Waals surface area contributed by atoms with Gasteiger partial charge in [0.05, 0.1) is 5.60 Å². The zero-order valence-corrected chi connectivity index (χ0v) is 72.7. The SMILES string of the molecule is C=C(C)[C@@H]1CCC(C)=C[C@H]1c1c(O)cc(CCCC)cc1O.C=C(C)[C@H]1C=CC(C)(O)CC1.CCCCc1cc(O)c2c(c1)OC(C)(C)[C@@H]1CC=C(C)C[C@@H]21.CCCCc1cc(O)c2c(c1)OC(C)(C)[C@@H]1CCC(C)(Cl)C[C@@H]21.CCCCc1cc(O)c2c(c1)OC(C)(C)[C@@H]1CCC(C)=C[C@@H]21.CCCCc1cc(O)cc(O)c1. The number of hydrogen-bond acceptors (Lipinski definition) is 11. The van der Waals surface area contributed by atoms with Crippen LogP contribution in [0.25, 0.3) is 0 Å². The Balaban J connectivity index is 0.000000172. The van der Waals surface area contributed by atoms with Crippen molar-refractivity contribution < 1.29 is 55.1 Å². The lowest BCUT2D eigenvalue weighted by Crippen LogP contribution is -2.48. The van der Waals surface area contributed by atoms with E-state index in [0.29, 0.717) is 52.4 Å². The molecule has 0 aromatic heterocycles. The molecule has 5 aromatic carbocycles. The molecule has 616 valence electrons. The molecule has 8 N–H and O–H groups in total. The van der Waals surface area contributed by atoms with Crippen molar-refractivity contribution >= 4 is 11.6 Å². The number of fused-ring (bicyclic) bond motifs is 9. The lowest BCUT2D eigenvalue weighted by Gasteiger charge is -2.50. The van der Waals surface area contributed by atoms with Crippen molar-refractivity contribution in [1.29, 1.82) is 0 Å². The number of phenolic OH excluding ortho intramolecular Hbond substituents is 7. The summed E-state index contributed by atoms with van der Waals surface area (Å²) in [5.74, 6) is 7.65. The second kappa shape index (κ2) is 39.4. The van der Waals surface area contributed by atoms with Gasteiger partial charge in [0.2, 0.25) is 0 Å². The highest BCUT2D eigenvalue weighted by Gasteiger charge is 2.51. The maximum atomic E-state index is 10.7. The largest absolute Gasteiger partial charge is 0.508 e. The molecule has 2 unspecified atom stereocenters. The van der Waals surface area contributed by atoms with Crippen LogP contribution in [0.1, 0.15) is 333 Å².